The Morgan fingerprint density at radius 2 is 1.55 bits per heavy atom. The van der Waals surface area contributed by atoms with Crippen molar-refractivity contribution in [3.05, 3.63) is 29.8 Å². The summed E-state index contributed by atoms with van der Waals surface area (Å²) in [6.45, 7) is 5.54. The fraction of sp³-hybridized carbons (Fsp3) is 0.476. The van der Waals surface area contributed by atoms with Gasteiger partial charge in [0.1, 0.15) is 5.56 Å². The predicted octanol–water partition coefficient (Wildman–Crippen LogP) is 0.396. The molecule has 1 heterocycles. The van der Waals surface area contributed by atoms with Crippen molar-refractivity contribution in [3.8, 4) is 17.2 Å². The van der Waals surface area contributed by atoms with Crippen LogP contribution in [-0.4, -0.2) is 104 Å². The number of hydrogen-bond acceptors (Lipinski definition) is 9. The van der Waals surface area contributed by atoms with Crippen molar-refractivity contribution in [1.29, 1.82) is 0 Å². The van der Waals surface area contributed by atoms with E-state index in [4.69, 9.17) is 34.6 Å². The molecule has 1 aliphatic heterocycles. The zero-order chi connectivity index (χ0) is 25.2. The van der Waals surface area contributed by atoms with Crippen LogP contribution in [0.1, 0.15) is 16.8 Å². The van der Waals surface area contributed by atoms with Gasteiger partial charge in [-0.15, -0.1) is 0 Å². The summed E-state index contributed by atoms with van der Waals surface area (Å²) in [5.74, 6) is -2.73. The maximum Gasteiger partial charge on any atom is 0.339 e. The number of ether oxygens (including phenoxy) is 3. The van der Waals surface area contributed by atoms with Crippen molar-refractivity contribution in [2.75, 3.05) is 60.7 Å². The van der Waals surface area contributed by atoms with Crippen LogP contribution in [0.5, 0.6) is 17.2 Å². The van der Waals surface area contributed by atoms with Crippen molar-refractivity contribution < 1.29 is 49.0 Å². The Labute approximate surface area is 192 Å². The minimum absolute atomic E-state index is 0.0372. The van der Waals surface area contributed by atoms with Gasteiger partial charge in [0.05, 0.1) is 27.9 Å². The van der Waals surface area contributed by atoms with Gasteiger partial charge < -0.3 is 40.0 Å². The second-order valence-electron chi connectivity index (χ2n) is 6.37. The fourth-order valence-corrected chi connectivity index (χ4v) is 2.68. The number of rotatable bonds is 8. The van der Waals surface area contributed by atoms with Gasteiger partial charge in [-0.2, -0.15) is 0 Å². The summed E-state index contributed by atoms with van der Waals surface area (Å²) in [7, 11) is 4.27. The molecule has 0 unspecified atom stereocenters. The zero-order valence-corrected chi connectivity index (χ0v) is 18.9. The molecule has 1 aromatic rings. The molecule has 0 amide bonds. The van der Waals surface area contributed by atoms with E-state index in [2.05, 4.69) is 10.2 Å². The first kappa shape index (κ1) is 29.7. The van der Waals surface area contributed by atoms with Crippen LogP contribution in [0.3, 0.4) is 0 Å². The largest absolute Gasteiger partial charge is 0.493 e. The highest BCUT2D eigenvalue weighted by atomic mass is 16.5. The molecule has 33 heavy (non-hydrogen) atoms. The number of aliphatic hydroxyl groups is 1. The second-order valence-corrected chi connectivity index (χ2v) is 6.37. The third kappa shape index (κ3) is 12.3. The molecule has 12 nitrogen and oxygen atoms in total. The molecular formula is C21H32N2O10. The number of nitrogens with one attached hydrogen (secondary N) is 1. The van der Waals surface area contributed by atoms with Gasteiger partial charge in [-0.1, -0.05) is 0 Å². The van der Waals surface area contributed by atoms with Gasteiger partial charge in [0.25, 0.3) is 0 Å². The molecule has 0 saturated carbocycles. The highest BCUT2D eigenvalue weighted by molar-refractivity contribution is 5.92. The van der Waals surface area contributed by atoms with E-state index in [-0.39, 0.29) is 17.1 Å². The minimum atomic E-state index is -1.26. The van der Waals surface area contributed by atoms with Crippen LogP contribution in [-0.2, 0) is 9.59 Å². The van der Waals surface area contributed by atoms with Crippen LogP contribution in [0, 0.1) is 0 Å². The van der Waals surface area contributed by atoms with Crippen molar-refractivity contribution in [2.24, 2.45) is 0 Å². The van der Waals surface area contributed by atoms with Gasteiger partial charge in [-0.3, -0.25) is 4.90 Å². The maximum absolute atomic E-state index is 10.9. The Kier molecular flexibility index (Phi) is 15.5. The molecular weight excluding hydrogens is 440 g/mol. The Morgan fingerprint density at radius 1 is 0.939 bits per heavy atom. The average molecular weight is 472 g/mol. The van der Waals surface area contributed by atoms with Crippen LogP contribution in [0.15, 0.2) is 24.3 Å². The Balaban J connectivity index is 0.000000495. The Bertz CT molecular complexity index is 759. The molecule has 1 aromatic carbocycles. The molecule has 0 radical (unpaired) electrons. The van der Waals surface area contributed by atoms with Crippen molar-refractivity contribution in [2.45, 2.75) is 6.42 Å². The lowest BCUT2D eigenvalue weighted by atomic mass is 10.1. The average Bonchev–Trinajstić information content (AvgIpc) is 3.06. The minimum Gasteiger partial charge on any atom is -0.493 e. The van der Waals surface area contributed by atoms with Crippen LogP contribution >= 0.6 is 0 Å². The summed E-state index contributed by atoms with van der Waals surface area (Å²) >= 11 is 0. The zero-order valence-electron chi connectivity index (χ0n) is 18.9. The maximum atomic E-state index is 10.9. The van der Waals surface area contributed by atoms with Crippen LogP contribution in [0.2, 0.25) is 0 Å². The normalized spacial score (nSPS) is 13.5. The highest BCUT2D eigenvalue weighted by Gasteiger charge is 2.19. The van der Waals surface area contributed by atoms with E-state index < -0.39 is 17.9 Å². The number of aromatic carboxylic acids is 1. The number of benzene rings is 1. The van der Waals surface area contributed by atoms with Crippen LogP contribution < -0.4 is 19.5 Å². The van der Waals surface area contributed by atoms with E-state index in [0.29, 0.717) is 24.5 Å². The molecule has 5 N–H and O–H groups in total. The highest BCUT2D eigenvalue weighted by Crippen LogP contribution is 2.39. The van der Waals surface area contributed by atoms with Gasteiger partial charge >= 0.3 is 17.9 Å². The van der Waals surface area contributed by atoms with E-state index in [1.54, 1.807) is 0 Å². The standard InChI is InChI=1S/C10H12O5.C7H16N2O.C4H4O4/c1-13-7-5-4-6(10(11)12)8(14-2)9(7)15-3;10-7-6-9-4-1-2-8-3-5-9;5-3(6)1-2-4(7)8/h4-5H,1-3H3,(H,11,12);8,10H,1-7H2;1-2H,(H,5,6)(H,7,8)/b;;2-1-. The number of carboxylic acids is 3. The monoisotopic (exact) mass is 472 g/mol. The molecule has 0 atom stereocenters. The van der Waals surface area contributed by atoms with Crippen molar-refractivity contribution in [3.63, 3.8) is 0 Å². The van der Waals surface area contributed by atoms with Gasteiger partial charge in [0.15, 0.2) is 11.5 Å². The van der Waals surface area contributed by atoms with Gasteiger partial charge in [0, 0.05) is 31.8 Å². The first-order valence-electron chi connectivity index (χ1n) is 9.91. The number of β-amino-alcohol motifs (C(OH)–C–C–N with tert-alkyl or cyclic N) is 1. The Hall–Kier alpha value is -3.35. The first-order valence-corrected chi connectivity index (χ1v) is 9.91. The molecule has 1 saturated heterocycles. The van der Waals surface area contributed by atoms with Crippen LogP contribution in [0.25, 0.3) is 0 Å². The van der Waals surface area contributed by atoms with Crippen molar-refractivity contribution >= 4 is 17.9 Å². The summed E-state index contributed by atoms with van der Waals surface area (Å²) in [4.78, 5) is 32.3. The van der Waals surface area contributed by atoms with E-state index in [1.165, 1.54) is 39.9 Å². The van der Waals surface area contributed by atoms with Crippen molar-refractivity contribution in [1.82, 2.24) is 10.2 Å². The lowest BCUT2D eigenvalue weighted by Gasteiger charge is -2.16. The number of nitrogens with zero attached hydrogens (tertiary/aromatic N) is 1. The number of hydrogen-bond donors (Lipinski definition) is 5. The Morgan fingerprint density at radius 3 is 2.00 bits per heavy atom. The lowest BCUT2D eigenvalue weighted by molar-refractivity contribution is -0.134. The van der Waals surface area contributed by atoms with E-state index >= 15 is 0 Å². The third-order valence-electron chi connectivity index (χ3n) is 4.15. The topological polar surface area (TPSA) is 175 Å². The molecule has 186 valence electrons. The van der Waals surface area contributed by atoms with Gasteiger partial charge in [-0.25, -0.2) is 14.4 Å². The number of carbonyl (C=O) groups is 3. The summed E-state index contributed by atoms with van der Waals surface area (Å²) in [6, 6.07) is 2.92. The summed E-state index contributed by atoms with van der Waals surface area (Å²) in [5, 5.41) is 36.5. The molecule has 12 heteroatoms. The smallest absolute Gasteiger partial charge is 0.339 e. The SMILES string of the molecule is COc1ccc(C(=O)O)c(OC)c1OC.O=C(O)/C=C\C(=O)O.OCCN1CCCNCC1. The number of aliphatic hydroxyl groups excluding tert-OH is 1. The molecule has 0 aliphatic carbocycles. The number of aliphatic carboxylic acids is 2. The van der Waals surface area contributed by atoms with Gasteiger partial charge in [0.2, 0.25) is 5.75 Å². The molecule has 0 bridgehead atoms. The quantitative estimate of drug-likeness (QED) is 0.330. The fourth-order valence-electron chi connectivity index (χ4n) is 2.68. The van der Waals surface area contributed by atoms with E-state index in [1.807, 2.05) is 0 Å². The molecule has 0 spiro atoms. The molecule has 0 aromatic heterocycles. The summed E-state index contributed by atoms with van der Waals surface area (Å²) < 4.78 is 15.0. The van der Waals surface area contributed by atoms with E-state index in [0.717, 1.165) is 32.7 Å². The molecule has 1 fully saturated rings. The lowest BCUT2D eigenvalue weighted by Crippen LogP contribution is -2.30. The predicted molar refractivity (Wildman–Crippen MR) is 118 cm³/mol. The van der Waals surface area contributed by atoms with Gasteiger partial charge in [-0.05, 0) is 31.6 Å². The summed E-state index contributed by atoms with van der Waals surface area (Å²) in [6.07, 6.45) is 2.32. The number of carboxylic acid groups (broad SMARTS) is 3. The van der Waals surface area contributed by atoms with Crippen LogP contribution in [0.4, 0.5) is 0 Å². The molecule has 2 rings (SSSR count). The second kappa shape index (κ2) is 17.2. The number of methoxy groups -OCH3 is 3. The third-order valence-corrected chi connectivity index (χ3v) is 4.15. The summed E-state index contributed by atoms with van der Waals surface area (Å²) in [5.41, 5.74) is 0.0372. The first-order chi connectivity index (χ1) is 15.7. The van der Waals surface area contributed by atoms with E-state index in [9.17, 15) is 14.4 Å². The molecule has 1 aliphatic rings.